The van der Waals surface area contributed by atoms with Crippen LogP contribution in [0, 0.1) is 0 Å². The molecule has 0 saturated carbocycles. The molecule has 0 bridgehead atoms. The smallest absolute Gasteiger partial charge is 0.0582 e. The van der Waals surface area contributed by atoms with Crippen LogP contribution < -0.4 is 0 Å². The number of hydrogen-bond donors (Lipinski definition) is 1. The summed E-state index contributed by atoms with van der Waals surface area (Å²) < 4.78 is 5.49. The lowest BCUT2D eigenvalue weighted by Gasteiger charge is -2.20. The van der Waals surface area contributed by atoms with Crippen molar-refractivity contribution in [2.24, 2.45) is 0 Å². The van der Waals surface area contributed by atoms with E-state index in [1.165, 1.54) is 5.56 Å². The van der Waals surface area contributed by atoms with Gasteiger partial charge < -0.3 is 9.84 Å². The number of nitrogens with zero attached hydrogens (tertiary/aromatic N) is 2. The van der Waals surface area contributed by atoms with E-state index in [9.17, 15) is 0 Å². The van der Waals surface area contributed by atoms with Crippen LogP contribution in [0.25, 0.3) is 0 Å². The molecule has 0 amide bonds. The first-order chi connectivity index (χ1) is 9.24. The number of ether oxygens (including phenoxy) is 1. The van der Waals surface area contributed by atoms with Gasteiger partial charge in [0.15, 0.2) is 0 Å². The number of likely N-dealkylation sites (N-methyl/N-ethyl adjacent to an activating group) is 1. The predicted molar refractivity (Wildman–Crippen MR) is 75.2 cm³/mol. The van der Waals surface area contributed by atoms with Crippen LogP contribution in [0.5, 0.6) is 0 Å². The first-order valence-corrected chi connectivity index (χ1v) is 7.10. The fraction of sp³-hybridized carbons (Fsp3) is 0.667. The molecule has 1 aliphatic rings. The second kappa shape index (κ2) is 6.98. The molecule has 0 radical (unpaired) electrons. The van der Waals surface area contributed by atoms with Gasteiger partial charge in [-0.25, -0.2) is 0 Å². The Bertz CT molecular complexity index is 403. The first-order valence-electron chi connectivity index (χ1n) is 7.10. The van der Waals surface area contributed by atoms with Gasteiger partial charge in [-0.1, -0.05) is 13.0 Å². The monoisotopic (exact) mass is 264 g/mol. The summed E-state index contributed by atoms with van der Waals surface area (Å²) in [5.74, 6) is 0.482. The van der Waals surface area contributed by atoms with E-state index < -0.39 is 0 Å². The van der Waals surface area contributed by atoms with Crippen molar-refractivity contribution in [1.29, 1.82) is 0 Å². The van der Waals surface area contributed by atoms with E-state index >= 15 is 0 Å². The summed E-state index contributed by atoms with van der Waals surface area (Å²) in [6, 6.07) is 4.34. The fourth-order valence-corrected chi connectivity index (χ4v) is 2.54. The van der Waals surface area contributed by atoms with Gasteiger partial charge in [-0.2, -0.15) is 0 Å². The third kappa shape index (κ3) is 3.75. The molecule has 1 saturated heterocycles. The van der Waals surface area contributed by atoms with Crippen molar-refractivity contribution in [2.45, 2.75) is 32.2 Å². The van der Waals surface area contributed by atoms with Crippen LogP contribution in [0.15, 0.2) is 12.1 Å². The van der Waals surface area contributed by atoms with Crippen LogP contribution in [0.1, 0.15) is 36.2 Å². The Labute approximate surface area is 115 Å². The molecule has 2 heterocycles. The molecule has 1 atom stereocenters. The lowest BCUT2D eigenvalue weighted by atomic mass is 9.96. The Morgan fingerprint density at radius 2 is 2.32 bits per heavy atom. The summed E-state index contributed by atoms with van der Waals surface area (Å²) >= 11 is 0. The summed E-state index contributed by atoms with van der Waals surface area (Å²) in [7, 11) is 2.02. The molecule has 1 fully saturated rings. The summed E-state index contributed by atoms with van der Waals surface area (Å²) in [5.41, 5.74) is 3.60. The number of pyridine rings is 1. The molecule has 2 rings (SSSR count). The quantitative estimate of drug-likeness (QED) is 0.847. The van der Waals surface area contributed by atoms with Gasteiger partial charge in [0, 0.05) is 31.3 Å². The normalized spacial score (nSPS) is 19.3. The van der Waals surface area contributed by atoms with Crippen LogP contribution in [-0.4, -0.2) is 48.4 Å². The number of hydrogen-bond acceptors (Lipinski definition) is 4. The first kappa shape index (κ1) is 14.4. The molecule has 1 aliphatic heterocycles. The van der Waals surface area contributed by atoms with Crippen LogP contribution in [0.2, 0.25) is 0 Å². The number of rotatable bonds is 6. The second-order valence-corrected chi connectivity index (χ2v) is 5.21. The minimum atomic E-state index is 0.186. The SMILES string of the molecule is CCc1ccc([C@@H]2CCOC2)c(CN(C)CCO)n1. The maximum Gasteiger partial charge on any atom is 0.0582 e. The van der Waals surface area contributed by atoms with Crippen LogP contribution >= 0.6 is 0 Å². The lowest BCUT2D eigenvalue weighted by molar-refractivity contribution is 0.193. The molecule has 106 valence electrons. The van der Waals surface area contributed by atoms with E-state index in [4.69, 9.17) is 14.8 Å². The standard InChI is InChI=1S/C15H24N2O2/c1-3-13-4-5-14(12-6-9-19-11-12)15(16-13)10-17(2)7-8-18/h4-5,12,18H,3,6-11H2,1-2H3/t12-/m1/s1. The highest BCUT2D eigenvalue weighted by Crippen LogP contribution is 2.28. The van der Waals surface area contributed by atoms with Gasteiger partial charge in [0.2, 0.25) is 0 Å². The molecule has 0 aromatic carbocycles. The molecule has 1 N–H and O–H groups in total. The molecule has 0 unspecified atom stereocenters. The van der Waals surface area contributed by atoms with Crippen molar-refractivity contribution in [3.63, 3.8) is 0 Å². The highest BCUT2D eigenvalue weighted by molar-refractivity contribution is 5.27. The highest BCUT2D eigenvalue weighted by atomic mass is 16.5. The van der Waals surface area contributed by atoms with Gasteiger partial charge in [0.1, 0.15) is 0 Å². The van der Waals surface area contributed by atoms with Crippen molar-refractivity contribution >= 4 is 0 Å². The second-order valence-electron chi connectivity index (χ2n) is 5.21. The summed E-state index contributed by atoms with van der Waals surface area (Å²) in [5, 5.41) is 9.01. The van der Waals surface area contributed by atoms with Gasteiger partial charge in [0.05, 0.1) is 18.9 Å². The fourth-order valence-electron chi connectivity index (χ4n) is 2.54. The molecule has 1 aromatic heterocycles. The Balaban J connectivity index is 2.20. The molecule has 4 heteroatoms. The van der Waals surface area contributed by atoms with Crippen molar-refractivity contribution < 1.29 is 9.84 Å². The average Bonchev–Trinajstić information content (AvgIpc) is 2.92. The lowest BCUT2D eigenvalue weighted by Crippen LogP contribution is -2.23. The van der Waals surface area contributed by atoms with Gasteiger partial charge in [-0.15, -0.1) is 0 Å². The molecular formula is C15H24N2O2. The van der Waals surface area contributed by atoms with Crippen molar-refractivity contribution in [1.82, 2.24) is 9.88 Å². The van der Waals surface area contributed by atoms with Crippen LogP contribution in [0.4, 0.5) is 0 Å². The van der Waals surface area contributed by atoms with E-state index in [0.717, 1.165) is 44.0 Å². The van der Waals surface area contributed by atoms with E-state index in [0.29, 0.717) is 12.5 Å². The minimum Gasteiger partial charge on any atom is -0.395 e. The number of aromatic nitrogens is 1. The molecular weight excluding hydrogens is 240 g/mol. The zero-order valence-electron chi connectivity index (χ0n) is 11.9. The average molecular weight is 264 g/mol. The minimum absolute atomic E-state index is 0.186. The van der Waals surface area contributed by atoms with Gasteiger partial charge in [-0.3, -0.25) is 9.88 Å². The molecule has 0 aliphatic carbocycles. The summed E-state index contributed by atoms with van der Waals surface area (Å²) in [4.78, 5) is 6.89. The van der Waals surface area contributed by atoms with E-state index in [2.05, 4.69) is 24.0 Å². The summed E-state index contributed by atoms with van der Waals surface area (Å²) in [6.07, 6.45) is 2.04. The Morgan fingerprint density at radius 1 is 1.47 bits per heavy atom. The molecule has 19 heavy (non-hydrogen) atoms. The van der Waals surface area contributed by atoms with Crippen molar-refractivity contribution in [2.75, 3.05) is 33.4 Å². The predicted octanol–water partition coefficient (Wildman–Crippen LogP) is 1.57. The van der Waals surface area contributed by atoms with Crippen molar-refractivity contribution in [3.8, 4) is 0 Å². The zero-order chi connectivity index (χ0) is 13.7. The Kier molecular flexibility index (Phi) is 5.31. The Hall–Kier alpha value is -0.970. The summed E-state index contributed by atoms with van der Waals surface area (Å²) in [6.45, 7) is 5.45. The highest BCUT2D eigenvalue weighted by Gasteiger charge is 2.21. The van der Waals surface area contributed by atoms with Crippen LogP contribution in [-0.2, 0) is 17.7 Å². The van der Waals surface area contributed by atoms with Crippen molar-refractivity contribution in [3.05, 3.63) is 29.1 Å². The third-order valence-electron chi connectivity index (χ3n) is 3.70. The molecule has 1 aromatic rings. The van der Waals surface area contributed by atoms with E-state index in [-0.39, 0.29) is 6.61 Å². The topological polar surface area (TPSA) is 45.6 Å². The van der Waals surface area contributed by atoms with Crippen LogP contribution in [0.3, 0.4) is 0 Å². The number of aliphatic hydroxyl groups is 1. The van der Waals surface area contributed by atoms with E-state index in [1.807, 2.05) is 7.05 Å². The maximum atomic E-state index is 9.01. The largest absolute Gasteiger partial charge is 0.395 e. The third-order valence-corrected chi connectivity index (χ3v) is 3.70. The number of aliphatic hydroxyl groups excluding tert-OH is 1. The number of aryl methyl sites for hydroxylation is 1. The Morgan fingerprint density at radius 3 is 2.95 bits per heavy atom. The van der Waals surface area contributed by atoms with Gasteiger partial charge >= 0.3 is 0 Å². The van der Waals surface area contributed by atoms with E-state index in [1.54, 1.807) is 0 Å². The molecule has 4 nitrogen and oxygen atoms in total. The van der Waals surface area contributed by atoms with Gasteiger partial charge in [-0.05, 0) is 31.5 Å². The maximum absolute atomic E-state index is 9.01. The van der Waals surface area contributed by atoms with Gasteiger partial charge in [0.25, 0.3) is 0 Å². The molecule has 0 spiro atoms. The zero-order valence-corrected chi connectivity index (χ0v) is 11.9.